The summed E-state index contributed by atoms with van der Waals surface area (Å²) >= 11 is 7.56. The van der Waals surface area contributed by atoms with E-state index < -0.39 is 5.91 Å². The number of aliphatic imine (C=N–C) groups is 1. The normalized spacial score (nSPS) is 16.5. The Kier molecular flexibility index (Phi) is 5.86. The van der Waals surface area contributed by atoms with Crippen molar-refractivity contribution >= 4 is 52.0 Å². The summed E-state index contributed by atoms with van der Waals surface area (Å²) in [6.07, 6.45) is 1.68. The van der Waals surface area contributed by atoms with Gasteiger partial charge < -0.3 is 4.74 Å². The summed E-state index contributed by atoms with van der Waals surface area (Å²) in [5.74, 6) is 0.321. The maximum atomic E-state index is 12.7. The topological polar surface area (TPSA) is 65.8 Å². The number of carbonyl (C=O) groups is 1. The van der Waals surface area contributed by atoms with Crippen LogP contribution in [0.4, 0.5) is 0 Å². The Balaban J connectivity index is 1.40. The van der Waals surface area contributed by atoms with E-state index in [0.717, 1.165) is 22.4 Å². The number of fused-ring (bicyclic) bond motifs is 1. The lowest BCUT2D eigenvalue weighted by atomic mass is 10.1. The summed E-state index contributed by atoms with van der Waals surface area (Å²) in [4.78, 5) is 18.7. The molecule has 0 bridgehead atoms. The van der Waals surface area contributed by atoms with Crippen molar-refractivity contribution in [3.63, 3.8) is 0 Å². The van der Waals surface area contributed by atoms with Crippen molar-refractivity contribution in [2.75, 3.05) is 0 Å². The summed E-state index contributed by atoms with van der Waals surface area (Å²) in [5, 5.41) is 11.8. The molecule has 2 heterocycles. The zero-order valence-electron chi connectivity index (χ0n) is 17.4. The fourth-order valence-corrected chi connectivity index (χ4v) is 4.63. The predicted molar refractivity (Wildman–Crippen MR) is 134 cm³/mol. The molecule has 5 nitrogen and oxygen atoms in total. The highest BCUT2D eigenvalue weighted by Crippen LogP contribution is 2.37. The van der Waals surface area contributed by atoms with Crippen LogP contribution in [0.2, 0.25) is 5.02 Å². The van der Waals surface area contributed by atoms with Crippen LogP contribution >= 0.6 is 23.4 Å². The molecule has 5 rings (SSSR count). The lowest BCUT2D eigenvalue weighted by molar-refractivity contribution is -0.114. The first kappa shape index (κ1) is 21.2. The number of nitrogens with zero attached hydrogens (tertiary/aromatic N) is 2. The molecular weight excluding hydrogens is 454 g/mol. The van der Waals surface area contributed by atoms with Crippen LogP contribution < -0.4 is 4.74 Å². The van der Waals surface area contributed by atoms with Crippen molar-refractivity contribution in [2.24, 2.45) is 4.99 Å². The average molecular weight is 472 g/mol. The van der Waals surface area contributed by atoms with Crippen molar-refractivity contribution in [3.05, 3.63) is 112 Å². The Morgan fingerprint density at radius 2 is 1.82 bits per heavy atom. The van der Waals surface area contributed by atoms with E-state index >= 15 is 0 Å². The first-order valence-electron chi connectivity index (χ1n) is 10.2. The highest BCUT2D eigenvalue weighted by Gasteiger charge is 2.36. The smallest absolute Gasteiger partial charge is 0.283 e. The van der Waals surface area contributed by atoms with Crippen LogP contribution in [-0.4, -0.2) is 21.8 Å². The molecule has 0 aliphatic carbocycles. The number of carbonyl (C=O) groups excluding carboxylic acids is 1. The van der Waals surface area contributed by atoms with Crippen LogP contribution in [-0.2, 0) is 11.4 Å². The van der Waals surface area contributed by atoms with Crippen molar-refractivity contribution in [2.45, 2.75) is 6.61 Å². The lowest BCUT2D eigenvalue weighted by Gasteiger charge is -2.26. The van der Waals surface area contributed by atoms with Crippen LogP contribution in [0.25, 0.3) is 11.8 Å². The molecule has 7 heteroatoms. The van der Waals surface area contributed by atoms with Gasteiger partial charge in [-0.15, -0.1) is 0 Å². The minimum absolute atomic E-state index is 0.104. The van der Waals surface area contributed by atoms with Gasteiger partial charge in [-0.25, -0.2) is 0 Å². The van der Waals surface area contributed by atoms with E-state index in [1.54, 1.807) is 11.0 Å². The van der Waals surface area contributed by atoms with Crippen molar-refractivity contribution in [1.29, 1.82) is 5.41 Å². The van der Waals surface area contributed by atoms with Crippen molar-refractivity contribution in [3.8, 4) is 5.75 Å². The van der Waals surface area contributed by atoms with E-state index in [1.165, 1.54) is 11.8 Å². The number of thioether (sulfide) groups is 1. The molecule has 3 aromatic rings. The first-order valence-corrected chi connectivity index (χ1v) is 11.5. The van der Waals surface area contributed by atoms with E-state index in [9.17, 15) is 4.79 Å². The molecule has 3 aromatic carbocycles. The van der Waals surface area contributed by atoms with Crippen LogP contribution in [0, 0.1) is 5.41 Å². The first-order chi connectivity index (χ1) is 16.1. The van der Waals surface area contributed by atoms with Gasteiger partial charge in [-0.3, -0.25) is 15.1 Å². The molecule has 0 radical (unpaired) electrons. The van der Waals surface area contributed by atoms with E-state index in [-0.39, 0.29) is 11.4 Å². The molecule has 0 aromatic heterocycles. The highest BCUT2D eigenvalue weighted by atomic mass is 35.5. The number of hydrogen-bond donors (Lipinski definition) is 1. The Morgan fingerprint density at radius 1 is 1.03 bits per heavy atom. The Morgan fingerprint density at radius 3 is 2.64 bits per heavy atom. The van der Waals surface area contributed by atoms with Gasteiger partial charge in [-0.05, 0) is 35.4 Å². The highest BCUT2D eigenvalue weighted by molar-refractivity contribution is 8.17. The molecule has 33 heavy (non-hydrogen) atoms. The molecule has 0 unspecified atom stereocenters. The fourth-order valence-electron chi connectivity index (χ4n) is 3.55. The molecule has 0 fully saturated rings. The zero-order chi connectivity index (χ0) is 22.8. The van der Waals surface area contributed by atoms with E-state index in [1.807, 2.05) is 84.3 Å². The Labute approximate surface area is 200 Å². The fraction of sp³-hybridized carbons (Fsp3) is 0.0385. The molecule has 0 spiro atoms. The van der Waals surface area contributed by atoms with Crippen LogP contribution in [0.3, 0.4) is 0 Å². The summed E-state index contributed by atoms with van der Waals surface area (Å²) in [6, 6.07) is 24.7. The zero-order valence-corrected chi connectivity index (χ0v) is 18.9. The number of halogens is 1. The quantitative estimate of drug-likeness (QED) is 0.448. The number of ether oxygens (including phenoxy) is 1. The van der Waals surface area contributed by atoms with Gasteiger partial charge in [0, 0.05) is 16.0 Å². The molecule has 1 N–H and O–H groups in total. The summed E-state index contributed by atoms with van der Waals surface area (Å²) in [5.41, 5.74) is 3.66. The number of hydrogen-bond acceptors (Lipinski definition) is 4. The molecule has 2 aliphatic rings. The number of amides is 1. The van der Waals surface area contributed by atoms with Crippen LogP contribution in [0.1, 0.15) is 16.7 Å². The molecule has 1 amide bonds. The second-order valence-electron chi connectivity index (χ2n) is 7.38. The van der Waals surface area contributed by atoms with Crippen molar-refractivity contribution < 1.29 is 9.53 Å². The predicted octanol–water partition coefficient (Wildman–Crippen LogP) is 6.22. The third-order valence-corrected chi connectivity index (χ3v) is 6.40. The van der Waals surface area contributed by atoms with Gasteiger partial charge in [0.25, 0.3) is 5.91 Å². The second kappa shape index (κ2) is 9.10. The van der Waals surface area contributed by atoms with E-state index in [2.05, 4.69) is 4.99 Å². The third-order valence-electron chi connectivity index (χ3n) is 5.21. The van der Waals surface area contributed by atoms with Crippen LogP contribution in [0.15, 0.2) is 94.8 Å². The van der Waals surface area contributed by atoms with E-state index in [0.29, 0.717) is 22.5 Å². The summed E-state index contributed by atoms with van der Waals surface area (Å²) in [7, 11) is 0. The lowest BCUT2D eigenvalue weighted by Crippen LogP contribution is -2.38. The van der Waals surface area contributed by atoms with Crippen molar-refractivity contribution in [1.82, 2.24) is 4.90 Å². The number of rotatable bonds is 5. The number of benzene rings is 3. The largest absolute Gasteiger partial charge is 0.489 e. The maximum Gasteiger partial charge on any atom is 0.283 e. The Bertz CT molecular complexity index is 1350. The van der Waals surface area contributed by atoms with Gasteiger partial charge in [-0.2, -0.15) is 4.99 Å². The van der Waals surface area contributed by atoms with Gasteiger partial charge in [0.15, 0.2) is 5.17 Å². The molecule has 162 valence electrons. The van der Waals surface area contributed by atoms with Gasteiger partial charge in [0.05, 0.1) is 11.3 Å². The monoisotopic (exact) mass is 471 g/mol. The minimum Gasteiger partial charge on any atom is -0.489 e. The number of nitrogens with one attached hydrogen (secondary N) is 1. The molecule has 2 aliphatic heterocycles. The molecule has 0 saturated heterocycles. The average Bonchev–Trinajstić information content (AvgIpc) is 3.26. The van der Waals surface area contributed by atoms with Gasteiger partial charge in [-0.1, -0.05) is 84.0 Å². The number of amidine groups is 2. The minimum atomic E-state index is -0.427. The molecular formula is C26H18ClN3O2S. The van der Waals surface area contributed by atoms with Crippen LogP contribution in [0.5, 0.6) is 5.75 Å². The SMILES string of the molecule is N=C1/C(=C\c2cccc(OCc3ccccc3Cl)c2)C(=O)N=C2SC=C(c3ccccc3)N12. The second-order valence-corrected chi connectivity index (χ2v) is 8.62. The summed E-state index contributed by atoms with van der Waals surface area (Å²) < 4.78 is 5.90. The third kappa shape index (κ3) is 4.35. The van der Waals surface area contributed by atoms with Gasteiger partial charge in [0.2, 0.25) is 0 Å². The Hall–Kier alpha value is -3.61. The van der Waals surface area contributed by atoms with Gasteiger partial charge >= 0.3 is 0 Å². The van der Waals surface area contributed by atoms with E-state index in [4.69, 9.17) is 21.7 Å². The molecule has 0 saturated carbocycles. The van der Waals surface area contributed by atoms with Gasteiger partial charge in [0.1, 0.15) is 18.2 Å². The molecule has 0 atom stereocenters. The maximum absolute atomic E-state index is 12.7. The summed E-state index contributed by atoms with van der Waals surface area (Å²) in [6.45, 7) is 0.332. The standard InChI is InChI=1S/C26H18ClN3O2S/c27-22-12-5-4-10-19(22)15-32-20-11-6-7-17(13-20)14-21-24(28)30-23(18-8-2-1-3-9-18)16-33-26(30)29-25(21)31/h1-14,16,28H,15H2/b21-14+,28-24?.